The van der Waals surface area contributed by atoms with E-state index < -0.39 is 31.3 Å². The molecule has 2 aromatic rings. The lowest BCUT2D eigenvalue weighted by Gasteiger charge is -2.22. The third-order valence-electron chi connectivity index (χ3n) is 4.88. The number of nitrogens with zero attached hydrogens (tertiary/aromatic N) is 2. The standard InChI is InChI=1S/C21H22BrClN4O4/c1-11-20(30)27(2)16-8-7-15(26-21(31)25-12(9-28)10-29)18(22)17(16)19(24-11)13-5-3-4-6-14(13)23/h3-8,11-12,28-29H,9-10H2,1-2H3,(H2,25,26,31)/t11-/m0/s1. The number of rotatable bonds is 5. The molecule has 0 aromatic heterocycles. The lowest BCUT2D eigenvalue weighted by molar-refractivity contribution is -0.119. The van der Waals surface area contributed by atoms with E-state index in [-0.39, 0.29) is 5.91 Å². The Morgan fingerprint density at radius 3 is 2.58 bits per heavy atom. The highest BCUT2D eigenvalue weighted by Crippen LogP contribution is 2.38. The topological polar surface area (TPSA) is 114 Å². The van der Waals surface area contributed by atoms with E-state index in [1.165, 1.54) is 4.90 Å². The molecule has 2 aromatic carbocycles. The number of aliphatic hydroxyl groups is 2. The van der Waals surface area contributed by atoms with Crippen molar-refractivity contribution < 1.29 is 19.8 Å². The van der Waals surface area contributed by atoms with Crippen LogP contribution in [0.15, 0.2) is 45.9 Å². The maximum absolute atomic E-state index is 12.8. The van der Waals surface area contributed by atoms with E-state index in [1.54, 1.807) is 38.2 Å². The number of benzodiazepines with no additional fused rings is 1. The second-order valence-corrected chi connectivity index (χ2v) is 8.21. The lowest BCUT2D eigenvalue weighted by Crippen LogP contribution is -2.42. The first kappa shape index (κ1) is 23.2. The molecule has 31 heavy (non-hydrogen) atoms. The summed E-state index contributed by atoms with van der Waals surface area (Å²) in [5.41, 5.74) is 2.80. The van der Waals surface area contributed by atoms with Crippen LogP contribution in [0.2, 0.25) is 5.02 Å². The van der Waals surface area contributed by atoms with Crippen LogP contribution >= 0.6 is 27.5 Å². The van der Waals surface area contributed by atoms with Gasteiger partial charge in [0, 0.05) is 23.2 Å². The molecule has 0 fully saturated rings. The van der Waals surface area contributed by atoms with Gasteiger partial charge < -0.3 is 25.7 Å². The fourth-order valence-corrected chi connectivity index (χ4v) is 4.08. The molecule has 8 nitrogen and oxygen atoms in total. The highest BCUT2D eigenvalue weighted by molar-refractivity contribution is 9.10. The molecule has 4 N–H and O–H groups in total. The molecule has 0 spiro atoms. The van der Waals surface area contributed by atoms with Crippen LogP contribution in [0, 0.1) is 0 Å². The van der Waals surface area contributed by atoms with Crippen LogP contribution in [0.3, 0.4) is 0 Å². The Labute approximate surface area is 193 Å². The number of benzene rings is 2. The maximum atomic E-state index is 12.8. The molecule has 10 heteroatoms. The number of aliphatic hydroxyl groups excluding tert-OH is 2. The van der Waals surface area contributed by atoms with Crippen molar-refractivity contribution in [3.8, 4) is 0 Å². The lowest BCUT2D eigenvalue weighted by atomic mass is 9.99. The minimum absolute atomic E-state index is 0.178. The zero-order valence-corrected chi connectivity index (χ0v) is 19.2. The zero-order chi connectivity index (χ0) is 22.7. The molecule has 164 valence electrons. The zero-order valence-electron chi connectivity index (χ0n) is 16.9. The second-order valence-electron chi connectivity index (χ2n) is 7.01. The van der Waals surface area contributed by atoms with Crippen molar-refractivity contribution >= 4 is 56.6 Å². The minimum Gasteiger partial charge on any atom is -0.394 e. The Balaban J connectivity index is 2.12. The van der Waals surface area contributed by atoms with Gasteiger partial charge in [0.2, 0.25) is 0 Å². The number of halogens is 2. The predicted octanol–water partition coefficient (Wildman–Crippen LogP) is 2.78. The SMILES string of the molecule is C[C@@H]1N=C(c2ccccc2Cl)c2c(ccc(NC(=O)NC(CO)CO)c2Br)N(C)C1=O. The molecular formula is C21H22BrClN4O4. The number of aliphatic imine (C=N–C) groups is 1. The summed E-state index contributed by atoms with van der Waals surface area (Å²) in [7, 11) is 1.67. The molecule has 3 amide bonds. The van der Waals surface area contributed by atoms with Gasteiger partial charge in [-0.2, -0.15) is 0 Å². The van der Waals surface area contributed by atoms with Crippen LogP contribution in [0.25, 0.3) is 0 Å². The third-order valence-corrected chi connectivity index (χ3v) is 6.04. The first-order valence-corrected chi connectivity index (χ1v) is 10.7. The highest BCUT2D eigenvalue weighted by atomic mass is 79.9. The van der Waals surface area contributed by atoms with Crippen LogP contribution < -0.4 is 15.5 Å². The molecular weight excluding hydrogens is 488 g/mol. The summed E-state index contributed by atoms with van der Waals surface area (Å²) in [6, 6.07) is 8.55. The number of likely N-dealkylation sites (N-methyl/N-ethyl adjacent to an activating group) is 1. The van der Waals surface area contributed by atoms with Crippen LogP contribution in [0.5, 0.6) is 0 Å². The molecule has 1 heterocycles. The van der Waals surface area contributed by atoms with E-state index in [4.69, 9.17) is 11.6 Å². The van der Waals surface area contributed by atoms with Crippen molar-refractivity contribution in [3.05, 3.63) is 57.0 Å². The van der Waals surface area contributed by atoms with Crippen LogP contribution in [-0.2, 0) is 4.79 Å². The molecule has 0 saturated carbocycles. The number of urea groups is 1. The van der Waals surface area contributed by atoms with E-state index in [0.29, 0.717) is 37.7 Å². The monoisotopic (exact) mass is 508 g/mol. The summed E-state index contributed by atoms with van der Waals surface area (Å²) in [4.78, 5) is 31.3. The first-order valence-electron chi connectivity index (χ1n) is 9.50. The molecule has 0 aliphatic carbocycles. The van der Waals surface area contributed by atoms with Gasteiger partial charge in [-0.15, -0.1) is 0 Å². The quantitative estimate of drug-likeness (QED) is 0.496. The number of hydrogen-bond donors (Lipinski definition) is 4. The molecule has 0 radical (unpaired) electrons. The fourth-order valence-electron chi connectivity index (χ4n) is 3.23. The minimum atomic E-state index is -0.788. The van der Waals surface area contributed by atoms with E-state index >= 15 is 0 Å². The third kappa shape index (κ3) is 4.74. The van der Waals surface area contributed by atoms with Crippen LogP contribution in [-0.4, -0.2) is 60.2 Å². The van der Waals surface area contributed by atoms with Gasteiger partial charge in [-0.25, -0.2) is 4.79 Å². The molecule has 0 bridgehead atoms. The van der Waals surface area contributed by atoms with Crippen molar-refractivity contribution in [1.29, 1.82) is 0 Å². The van der Waals surface area contributed by atoms with Crippen molar-refractivity contribution in [2.45, 2.75) is 19.0 Å². The average molecular weight is 510 g/mol. The Kier molecular flexibility index (Phi) is 7.32. The van der Waals surface area contributed by atoms with Crippen LogP contribution in [0.4, 0.5) is 16.2 Å². The molecule has 0 unspecified atom stereocenters. The van der Waals surface area contributed by atoms with Crippen LogP contribution in [0.1, 0.15) is 18.1 Å². The average Bonchev–Trinajstić information content (AvgIpc) is 2.85. The number of nitrogens with one attached hydrogen (secondary N) is 2. The Bertz CT molecular complexity index is 1040. The second kappa shape index (κ2) is 9.78. The summed E-state index contributed by atoms with van der Waals surface area (Å²) < 4.78 is 0.511. The van der Waals surface area contributed by atoms with Crippen molar-refractivity contribution in [1.82, 2.24) is 5.32 Å². The van der Waals surface area contributed by atoms with Crippen molar-refractivity contribution in [3.63, 3.8) is 0 Å². The van der Waals surface area contributed by atoms with Gasteiger partial charge in [0.15, 0.2) is 0 Å². The number of carbonyl (C=O) groups excluding carboxylic acids is 2. The summed E-state index contributed by atoms with van der Waals surface area (Å²) >= 11 is 10.00. The summed E-state index contributed by atoms with van der Waals surface area (Å²) in [5.74, 6) is -0.178. The first-order chi connectivity index (χ1) is 14.8. The Morgan fingerprint density at radius 1 is 1.26 bits per heavy atom. The van der Waals surface area contributed by atoms with Gasteiger partial charge in [0.05, 0.1) is 40.8 Å². The summed E-state index contributed by atoms with van der Waals surface area (Å²) in [5, 5.41) is 24.0. The molecule has 1 aliphatic heterocycles. The number of fused-ring (bicyclic) bond motifs is 1. The number of carbonyl (C=O) groups is 2. The molecule has 0 saturated heterocycles. The van der Waals surface area contributed by atoms with Crippen molar-refractivity contribution in [2.24, 2.45) is 4.99 Å². The largest absolute Gasteiger partial charge is 0.394 e. The predicted molar refractivity (Wildman–Crippen MR) is 124 cm³/mol. The highest BCUT2D eigenvalue weighted by Gasteiger charge is 2.30. The fraction of sp³-hybridized carbons (Fsp3) is 0.286. The Hall–Kier alpha value is -2.46. The number of anilines is 2. The normalized spacial score (nSPS) is 16.0. The van der Waals surface area contributed by atoms with Gasteiger partial charge in [0.1, 0.15) is 6.04 Å². The summed E-state index contributed by atoms with van der Waals surface area (Å²) in [6.07, 6.45) is 0. The number of amides is 3. The molecule has 1 aliphatic rings. The summed E-state index contributed by atoms with van der Waals surface area (Å²) in [6.45, 7) is 0.915. The Morgan fingerprint density at radius 2 is 1.94 bits per heavy atom. The molecule has 3 rings (SSSR count). The van der Waals surface area contributed by atoms with E-state index in [9.17, 15) is 19.8 Å². The smallest absolute Gasteiger partial charge is 0.319 e. The van der Waals surface area contributed by atoms with E-state index in [1.807, 2.05) is 12.1 Å². The van der Waals surface area contributed by atoms with E-state index in [2.05, 4.69) is 31.6 Å². The van der Waals surface area contributed by atoms with Gasteiger partial charge >= 0.3 is 6.03 Å². The van der Waals surface area contributed by atoms with E-state index in [0.717, 1.165) is 0 Å². The molecule has 1 atom stereocenters. The van der Waals surface area contributed by atoms with Crippen molar-refractivity contribution in [2.75, 3.05) is 30.5 Å². The number of hydrogen-bond acceptors (Lipinski definition) is 5. The van der Waals surface area contributed by atoms with Gasteiger partial charge in [0.25, 0.3) is 5.91 Å². The van der Waals surface area contributed by atoms with Gasteiger partial charge in [-0.1, -0.05) is 29.8 Å². The maximum Gasteiger partial charge on any atom is 0.319 e. The van der Waals surface area contributed by atoms with Gasteiger partial charge in [-0.3, -0.25) is 9.79 Å². The van der Waals surface area contributed by atoms with Gasteiger partial charge in [-0.05, 0) is 41.1 Å².